The van der Waals surface area contributed by atoms with E-state index in [0.717, 1.165) is 53.9 Å². The molecule has 4 heterocycles. The second-order valence-electron chi connectivity index (χ2n) is 12.5. The quantitative estimate of drug-likeness (QED) is 0.380. The molecule has 3 aliphatic heterocycles. The molecule has 0 saturated carbocycles. The average molecular weight is 605 g/mol. The van der Waals surface area contributed by atoms with Gasteiger partial charge in [0.1, 0.15) is 0 Å². The monoisotopic (exact) mass is 604 g/mol. The second kappa shape index (κ2) is 12.3. The summed E-state index contributed by atoms with van der Waals surface area (Å²) in [7, 11) is 1.57. The van der Waals surface area contributed by atoms with Crippen molar-refractivity contribution in [3.05, 3.63) is 82.3 Å². The van der Waals surface area contributed by atoms with E-state index in [1.807, 2.05) is 32.1 Å². The molecule has 0 spiro atoms. The molecule has 0 radical (unpaired) electrons. The molecule has 1 aromatic carbocycles. The molecule has 4 aliphatic rings. The number of ether oxygens (including phenoxy) is 1. The van der Waals surface area contributed by atoms with Gasteiger partial charge in [0.05, 0.1) is 12.7 Å². The molecule has 2 aromatic rings. The van der Waals surface area contributed by atoms with Gasteiger partial charge in [-0.1, -0.05) is 32.4 Å². The third kappa shape index (κ3) is 5.86. The van der Waals surface area contributed by atoms with Gasteiger partial charge in [0, 0.05) is 47.4 Å². The highest BCUT2D eigenvalue weighted by Gasteiger charge is 2.44. The minimum atomic E-state index is -4.55. The lowest BCUT2D eigenvalue weighted by atomic mass is 9.76. The van der Waals surface area contributed by atoms with E-state index < -0.39 is 11.7 Å². The Hall–Kier alpha value is -3.72. The largest absolute Gasteiger partial charge is 0.481 e. The van der Waals surface area contributed by atoms with Crippen LogP contribution < -0.4 is 15.0 Å². The number of rotatable bonds is 5. The topological polar surface area (TPSA) is 66.8 Å². The van der Waals surface area contributed by atoms with Gasteiger partial charge in [-0.05, 0) is 104 Å². The predicted octanol–water partition coefficient (Wildman–Crippen LogP) is 7.69. The molecule has 1 saturated heterocycles. The fourth-order valence-electron chi connectivity index (χ4n) is 7.05. The van der Waals surface area contributed by atoms with E-state index in [1.165, 1.54) is 6.07 Å². The maximum Gasteiger partial charge on any atom is 0.416 e. The molecule has 6 rings (SSSR count). The number of alkyl halides is 3. The first kappa shape index (κ1) is 30.3. The minimum absolute atomic E-state index is 0.0142. The van der Waals surface area contributed by atoms with Crippen molar-refractivity contribution in [1.82, 2.24) is 10.3 Å². The van der Waals surface area contributed by atoms with Gasteiger partial charge >= 0.3 is 6.18 Å². The zero-order chi connectivity index (χ0) is 31.0. The van der Waals surface area contributed by atoms with E-state index in [2.05, 4.69) is 10.3 Å². The summed E-state index contributed by atoms with van der Waals surface area (Å²) in [5.41, 5.74) is 4.32. The molecule has 1 N–H and O–H groups in total. The molecule has 1 aromatic heterocycles. The molecule has 1 amide bonds. The number of nitrogens with zero attached hydrogens (tertiary/aromatic N) is 3. The van der Waals surface area contributed by atoms with Crippen LogP contribution in [0.4, 0.5) is 18.9 Å². The highest BCUT2D eigenvalue weighted by atomic mass is 19.4. The third-order valence-corrected chi connectivity index (χ3v) is 9.47. The fraction of sp³-hybridized carbons (Fsp3) is 0.457. The van der Waals surface area contributed by atoms with Gasteiger partial charge in [-0.15, -0.1) is 0 Å². The van der Waals surface area contributed by atoms with Crippen LogP contribution in [-0.2, 0) is 11.0 Å². The zero-order valence-electron chi connectivity index (χ0n) is 25.5. The lowest BCUT2D eigenvalue weighted by Crippen LogP contribution is -2.46. The number of carbonyl (C=O) groups excluding carboxylic acids is 1. The van der Waals surface area contributed by atoms with Gasteiger partial charge in [0.2, 0.25) is 11.8 Å². The Kier molecular flexibility index (Phi) is 8.51. The molecule has 232 valence electrons. The van der Waals surface area contributed by atoms with Crippen molar-refractivity contribution in [1.29, 1.82) is 0 Å². The summed E-state index contributed by atoms with van der Waals surface area (Å²) in [5.74, 6) is -0.464. The summed E-state index contributed by atoms with van der Waals surface area (Å²) >= 11 is 0. The first-order valence-corrected chi connectivity index (χ1v) is 15.6. The van der Waals surface area contributed by atoms with E-state index in [-0.39, 0.29) is 35.3 Å². The van der Waals surface area contributed by atoms with Crippen LogP contribution in [0, 0.1) is 17.8 Å². The highest BCUT2D eigenvalue weighted by molar-refractivity contribution is 6.04. The maximum absolute atomic E-state index is 14.7. The van der Waals surface area contributed by atoms with Gasteiger partial charge in [0.25, 0.3) is 0 Å². The third-order valence-electron chi connectivity index (χ3n) is 9.47. The summed E-state index contributed by atoms with van der Waals surface area (Å²) in [6.45, 7) is 5.57. The SMILES string of the molecule is COc1ccc(C2=CC=C3N=CC4=C(C3C2)N(c2ccc(C3CCCCNCC3)c(C(F)(F)F)c2)C(=O)C(C(C)C)C4)cn1. The Morgan fingerprint density at radius 3 is 2.61 bits per heavy atom. The zero-order valence-corrected chi connectivity index (χ0v) is 25.5. The van der Waals surface area contributed by atoms with Crippen LogP contribution in [0.5, 0.6) is 5.88 Å². The predicted molar refractivity (Wildman–Crippen MR) is 166 cm³/mol. The maximum atomic E-state index is 14.7. The van der Waals surface area contributed by atoms with Crippen LogP contribution in [-0.4, -0.2) is 37.3 Å². The number of aromatic nitrogens is 1. The molecule has 3 unspecified atom stereocenters. The van der Waals surface area contributed by atoms with E-state index in [9.17, 15) is 18.0 Å². The van der Waals surface area contributed by atoms with Crippen LogP contribution in [0.25, 0.3) is 5.57 Å². The number of aliphatic imine (C=N–C) groups is 1. The van der Waals surface area contributed by atoms with Crippen LogP contribution in [0.15, 0.2) is 70.6 Å². The van der Waals surface area contributed by atoms with Crippen molar-refractivity contribution in [3.63, 3.8) is 0 Å². The Morgan fingerprint density at radius 2 is 1.89 bits per heavy atom. The number of hydrogen-bond donors (Lipinski definition) is 1. The Balaban J connectivity index is 1.42. The van der Waals surface area contributed by atoms with Gasteiger partial charge in [-0.25, -0.2) is 4.98 Å². The number of carbonyl (C=O) groups is 1. The van der Waals surface area contributed by atoms with Crippen molar-refractivity contribution in [2.45, 2.75) is 64.5 Å². The number of fused-ring (bicyclic) bond motifs is 2. The van der Waals surface area contributed by atoms with Gasteiger partial charge in [-0.3, -0.25) is 14.7 Å². The van der Waals surface area contributed by atoms with Gasteiger partial charge in [0.15, 0.2) is 0 Å². The summed E-state index contributed by atoms with van der Waals surface area (Å²) in [6.07, 6.45) is 7.22. The summed E-state index contributed by atoms with van der Waals surface area (Å²) in [6, 6.07) is 8.31. The number of allylic oxidation sites excluding steroid dienone is 4. The molecule has 9 heteroatoms. The lowest BCUT2D eigenvalue weighted by Gasteiger charge is -2.42. The van der Waals surface area contributed by atoms with E-state index in [4.69, 9.17) is 9.73 Å². The van der Waals surface area contributed by atoms with Crippen LogP contribution in [0.3, 0.4) is 0 Å². The molecule has 0 bridgehead atoms. The van der Waals surface area contributed by atoms with Crippen molar-refractivity contribution in [2.24, 2.45) is 22.7 Å². The number of nitrogens with one attached hydrogen (secondary N) is 1. The fourth-order valence-corrected chi connectivity index (χ4v) is 7.05. The molecule has 6 nitrogen and oxygen atoms in total. The minimum Gasteiger partial charge on any atom is -0.481 e. The number of methoxy groups -OCH3 is 1. The van der Waals surface area contributed by atoms with Crippen LogP contribution in [0.2, 0.25) is 0 Å². The Morgan fingerprint density at radius 1 is 1.05 bits per heavy atom. The number of dihydropyridines is 1. The first-order chi connectivity index (χ1) is 21.2. The summed E-state index contributed by atoms with van der Waals surface area (Å²) < 4.78 is 49.4. The second-order valence-corrected chi connectivity index (χ2v) is 12.5. The van der Waals surface area contributed by atoms with E-state index >= 15 is 0 Å². The molecule has 1 aliphatic carbocycles. The van der Waals surface area contributed by atoms with Crippen LogP contribution in [0.1, 0.15) is 75.0 Å². The van der Waals surface area contributed by atoms with E-state index in [1.54, 1.807) is 42.6 Å². The highest BCUT2D eigenvalue weighted by Crippen LogP contribution is 2.48. The average Bonchev–Trinajstić information content (AvgIpc) is 2.99. The van der Waals surface area contributed by atoms with Gasteiger partial charge < -0.3 is 10.1 Å². The van der Waals surface area contributed by atoms with E-state index in [0.29, 0.717) is 37.3 Å². The van der Waals surface area contributed by atoms with Gasteiger partial charge in [-0.2, -0.15) is 13.2 Å². The molecular formula is C35H39F3N4O2. The Labute approximate surface area is 256 Å². The smallest absolute Gasteiger partial charge is 0.416 e. The number of amides is 1. The number of anilines is 1. The van der Waals surface area contributed by atoms with Crippen molar-refractivity contribution in [3.8, 4) is 5.88 Å². The number of halogens is 3. The molecular weight excluding hydrogens is 565 g/mol. The normalized spacial score (nSPS) is 24.3. The van der Waals surface area contributed by atoms with Crippen molar-refractivity contribution in [2.75, 3.05) is 25.1 Å². The van der Waals surface area contributed by atoms with Crippen LogP contribution >= 0.6 is 0 Å². The van der Waals surface area contributed by atoms with Crippen molar-refractivity contribution >= 4 is 23.4 Å². The lowest BCUT2D eigenvalue weighted by molar-refractivity contribution is -0.138. The standard InChI is InChI=1S/C35H39F3N4O2/c1-21(2)28-17-25-20-40-31-11-7-23(24-8-12-32(44-3)41-19-24)16-29(31)33(25)42(34(28)43)26-9-10-27(30(18-26)35(36,37)38)22-6-4-5-14-39-15-13-22/h7-12,18-22,28-29,39H,4-6,13-17H2,1-3H3. The van der Waals surface area contributed by atoms with Crippen molar-refractivity contribution < 1.29 is 22.7 Å². The number of benzene rings is 1. The first-order valence-electron chi connectivity index (χ1n) is 15.6. The summed E-state index contributed by atoms with van der Waals surface area (Å²) in [5, 5.41) is 3.34. The molecule has 3 atom stereocenters. The molecule has 44 heavy (non-hydrogen) atoms. The summed E-state index contributed by atoms with van der Waals surface area (Å²) in [4.78, 5) is 24.9. The Bertz CT molecular complexity index is 1530. The number of pyridine rings is 1. The molecule has 1 fully saturated rings. The number of hydrogen-bond acceptors (Lipinski definition) is 5.